The molecule has 0 aliphatic rings. The molecule has 34 valence electrons. The van der Waals surface area contributed by atoms with Crippen LogP contribution in [0.1, 0.15) is 6.92 Å². The molecule has 0 heterocycles. The fourth-order valence-corrected chi connectivity index (χ4v) is 1.61. The molecule has 0 saturated heterocycles. The van der Waals surface area contributed by atoms with Gasteiger partial charge >= 0.3 is 51.4 Å². The van der Waals surface area contributed by atoms with Crippen LogP contribution in [-0.2, 0) is 4.57 Å². The van der Waals surface area contributed by atoms with Gasteiger partial charge in [-0.2, -0.15) is 0 Å². The Balaban J connectivity index is 3.43. The Bertz CT molecular complexity index is 95.7. The van der Waals surface area contributed by atoms with Gasteiger partial charge < -0.3 is 0 Å². The van der Waals surface area contributed by atoms with Crippen LogP contribution in [0, 0.1) is 0 Å². The molecule has 0 aromatic heterocycles. The Morgan fingerprint density at radius 1 is 2.00 bits per heavy atom. The van der Waals surface area contributed by atoms with Crippen LogP contribution in [0.25, 0.3) is 0 Å². The Hall–Kier alpha value is 0.895. The summed E-state index contributed by atoms with van der Waals surface area (Å²) in [6, 6.07) is 0. The Labute approximate surface area is 51.6 Å². The van der Waals surface area contributed by atoms with Crippen molar-refractivity contribution in [3.8, 4) is 0 Å². The van der Waals surface area contributed by atoms with E-state index in [1.165, 1.54) is 0 Å². The molecule has 1 unspecified atom stereocenters. The molecule has 6 heavy (non-hydrogen) atoms. The molecule has 0 saturated carbocycles. The summed E-state index contributed by atoms with van der Waals surface area (Å²) < 4.78 is 10.1. The average molecular weight is 214 g/mol. The fourth-order valence-electron chi connectivity index (χ4n) is 0.144. The van der Waals surface area contributed by atoms with Crippen molar-refractivity contribution >= 4 is 33.6 Å². The fraction of sp³-hybridized carbons (Fsp3) is 1.00. The molecule has 0 aliphatic carbocycles. The molecule has 0 rings (SSSR count). The van der Waals surface area contributed by atoms with Gasteiger partial charge in [0.15, 0.2) is 0 Å². The SMILES string of the molecule is CCB=P(=O)I. The van der Waals surface area contributed by atoms with Gasteiger partial charge in [0.25, 0.3) is 0 Å². The van der Waals surface area contributed by atoms with Crippen LogP contribution in [0.2, 0.25) is 6.32 Å². The first kappa shape index (κ1) is 6.89. The molecule has 0 amide bonds. The van der Waals surface area contributed by atoms with Crippen LogP contribution in [0.15, 0.2) is 0 Å². The predicted molar refractivity (Wildman–Crippen MR) is 37.9 cm³/mol. The maximum absolute atomic E-state index is 10.1. The van der Waals surface area contributed by atoms with Gasteiger partial charge in [0.1, 0.15) is 0 Å². The third kappa shape index (κ3) is 4.89. The van der Waals surface area contributed by atoms with E-state index in [1.807, 2.05) is 29.0 Å². The maximum atomic E-state index is 10.1. The average Bonchev–Trinajstić information content (AvgIpc) is 1.35. The predicted octanol–water partition coefficient (Wildman–Crippen LogP) is 2.22. The Morgan fingerprint density at radius 2 is 2.50 bits per heavy atom. The first-order valence-electron chi connectivity index (χ1n) is 1.73. The molecule has 0 aromatic carbocycles. The Kier molecular flexibility index (Phi) is 4.67. The van der Waals surface area contributed by atoms with E-state index >= 15 is 0 Å². The van der Waals surface area contributed by atoms with Crippen molar-refractivity contribution in [2.75, 3.05) is 0 Å². The van der Waals surface area contributed by atoms with Crippen LogP contribution in [0.5, 0.6) is 0 Å². The second-order valence-corrected chi connectivity index (χ2v) is 4.62. The number of hydrogen-bond acceptors (Lipinski definition) is 1. The summed E-state index contributed by atoms with van der Waals surface area (Å²) in [5, 5.41) is 0. The van der Waals surface area contributed by atoms with Crippen molar-refractivity contribution < 1.29 is 4.57 Å². The summed E-state index contributed by atoms with van der Waals surface area (Å²) in [5.41, 5.74) is 0. The van der Waals surface area contributed by atoms with Gasteiger partial charge in [0, 0.05) is 0 Å². The number of halogens is 1. The monoisotopic (exact) mass is 214 g/mol. The van der Waals surface area contributed by atoms with Crippen molar-refractivity contribution in [3.63, 3.8) is 0 Å². The van der Waals surface area contributed by atoms with E-state index in [1.54, 1.807) is 6.62 Å². The van der Waals surface area contributed by atoms with Crippen LogP contribution in [-0.4, -0.2) is 6.62 Å². The number of rotatable bonds is 1. The van der Waals surface area contributed by atoms with Crippen molar-refractivity contribution in [2.24, 2.45) is 0 Å². The Morgan fingerprint density at radius 3 is 2.50 bits per heavy atom. The minimum atomic E-state index is -1.01. The van der Waals surface area contributed by atoms with E-state index in [2.05, 4.69) is 0 Å². The molecule has 1 nitrogen and oxygen atoms in total. The van der Waals surface area contributed by atoms with Crippen molar-refractivity contribution in [1.29, 1.82) is 0 Å². The molecule has 0 spiro atoms. The zero-order valence-electron chi connectivity index (χ0n) is 3.52. The molecule has 0 bridgehead atoms. The first-order chi connectivity index (χ1) is 2.77. The van der Waals surface area contributed by atoms with Gasteiger partial charge in [-0.1, -0.05) is 0 Å². The molecular weight excluding hydrogens is 209 g/mol. The van der Waals surface area contributed by atoms with Crippen LogP contribution < -0.4 is 0 Å². The summed E-state index contributed by atoms with van der Waals surface area (Å²) in [6.45, 7) is 3.77. The van der Waals surface area contributed by atoms with E-state index < -0.39 is 4.93 Å². The third-order valence-electron chi connectivity index (χ3n) is 0.326. The zero-order chi connectivity index (χ0) is 4.99. The van der Waals surface area contributed by atoms with E-state index in [0.717, 1.165) is 6.32 Å². The van der Waals surface area contributed by atoms with Gasteiger partial charge in [-0.15, -0.1) is 0 Å². The summed E-state index contributed by atoms with van der Waals surface area (Å²) in [4.78, 5) is -1.01. The summed E-state index contributed by atoms with van der Waals surface area (Å²) in [7, 11) is 0. The second kappa shape index (κ2) is 4.06. The van der Waals surface area contributed by atoms with Crippen molar-refractivity contribution in [2.45, 2.75) is 13.2 Å². The molecule has 0 N–H and O–H groups in total. The minimum absolute atomic E-state index is 0.915. The van der Waals surface area contributed by atoms with Gasteiger partial charge in [-0.25, -0.2) is 0 Å². The molecule has 0 radical (unpaired) electrons. The van der Waals surface area contributed by atoms with Crippen LogP contribution in [0.4, 0.5) is 0 Å². The molecule has 0 aliphatic heterocycles. The van der Waals surface area contributed by atoms with E-state index in [0.29, 0.717) is 0 Å². The first-order valence-corrected chi connectivity index (χ1v) is 5.84. The van der Waals surface area contributed by atoms with Gasteiger partial charge in [0.2, 0.25) is 0 Å². The number of hydrogen-bond donors (Lipinski definition) is 0. The third-order valence-corrected chi connectivity index (χ3v) is 2.16. The van der Waals surface area contributed by atoms with Gasteiger partial charge in [-0.05, 0) is 0 Å². The van der Waals surface area contributed by atoms with Crippen molar-refractivity contribution in [3.05, 3.63) is 0 Å². The quantitative estimate of drug-likeness (QED) is 0.371. The molecule has 1 atom stereocenters. The standard InChI is InChI=1S/C2H5BIOP/c1-2-3-6(4)5/h2H2,1H3. The van der Waals surface area contributed by atoms with Gasteiger partial charge in [-0.3, -0.25) is 0 Å². The van der Waals surface area contributed by atoms with Crippen molar-refractivity contribution in [1.82, 2.24) is 0 Å². The topological polar surface area (TPSA) is 17.1 Å². The van der Waals surface area contributed by atoms with E-state index in [4.69, 9.17) is 0 Å². The normalized spacial score (nSPS) is 10.7. The van der Waals surface area contributed by atoms with Crippen LogP contribution in [0.3, 0.4) is 0 Å². The molecule has 0 aromatic rings. The van der Waals surface area contributed by atoms with E-state index in [9.17, 15) is 4.57 Å². The summed E-state index contributed by atoms with van der Waals surface area (Å²) in [5.74, 6) is 0. The van der Waals surface area contributed by atoms with E-state index in [-0.39, 0.29) is 0 Å². The van der Waals surface area contributed by atoms with Gasteiger partial charge in [0.05, 0.1) is 0 Å². The zero-order valence-corrected chi connectivity index (χ0v) is 6.57. The summed E-state index contributed by atoms with van der Waals surface area (Å²) >= 11 is 1.90. The molecule has 0 fully saturated rings. The van der Waals surface area contributed by atoms with Crippen LogP contribution >= 0.6 is 27.0 Å². The molecule has 4 heteroatoms. The molecular formula is C2H5BIOP. The summed E-state index contributed by atoms with van der Waals surface area (Å²) in [6.07, 6.45) is 0.915. The second-order valence-electron chi connectivity index (χ2n) is 0.863.